The first-order valence-electron chi connectivity index (χ1n) is 6.00. The highest BCUT2D eigenvalue weighted by Crippen LogP contribution is 2.14. The van der Waals surface area contributed by atoms with E-state index in [2.05, 4.69) is 24.1 Å². The Morgan fingerprint density at radius 2 is 1.67 bits per heavy atom. The van der Waals surface area contributed by atoms with Crippen LogP contribution in [0.25, 0.3) is 0 Å². The summed E-state index contributed by atoms with van der Waals surface area (Å²) < 4.78 is 5.66. The van der Waals surface area contributed by atoms with E-state index in [1.165, 1.54) is 5.69 Å². The highest BCUT2D eigenvalue weighted by molar-refractivity contribution is 5.45. The molecule has 0 aliphatic carbocycles. The van der Waals surface area contributed by atoms with E-state index in [0.717, 1.165) is 18.0 Å². The lowest BCUT2D eigenvalue weighted by molar-refractivity contribution is 0.326. The molecule has 0 unspecified atom stereocenters. The van der Waals surface area contributed by atoms with Crippen LogP contribution in [0.15, 0.2) is 54.6 Å². The summed E-state index contributed by atoms with van der Waals surface area (Å²) in [7, 11) is 2.06. The number of ether oxygens (including phenoxy) is 1. The second-order valence-corrected chi connectivity index (χ2v) is 4.17. The highest BCUT2D eigenvalue weighted by Gasteiger charge is 2.00. The molecule has 2 rings (SSSR count). The summed E-state index contributed by atoms with van der Waals surface area (Å²) in [6, 6.07) is 17.7. The molecule has 0 bridgehead atoms. The second kappa shape index (κ2) is 5.96. The van der Waals surface area contributed by atoms with Crippen molar-refractivity contribution in [3.63, 3.8) is 0 Å². The zero-order valence-corrected chi connectivity index (χ0v) is 10.5. The van der Waals surface area contributed by atoms with Crippen molar-refractivity contribution in [1.29, 1.82) is 0 Å². The minimum Gasteiger partial charge on any atom is -0.492 e. The molecular weight excluding hydrogens is 224 g/mol. The number of hydrogen-bond donors (Lipinski definition) is 1. The first kappa shape index (κ1) is 12.3. The van der Waals surface area contributed by atoms with E-state index < -0.39 is 0 Å². The van der Waals surface area contributed by atoms with Crippen molar-refractivity contribution in [3.05, 3.63) is 54.6 Å². The maximum absolute atomic E-state index is 5.66. The van der Waals surface area contributed by atoms with Crippen molar-refractivity contribution in [2.45, 2.75) is 0 Å². The van der Waals surface area contributed by atoms with Crippen molar-refractivity contribution in [2.24, 2.45) is 0 Å². The van der Waals surface area contributed by atoms with Crippen molar-refractivity contribution < 1.29 is 4.74 Å². The molecule has 18 heavy (non-hydrogen) atoms. The van der Waals surface area contributed by atoms with Gasteiger partial charge in [-0.3, -0.25) is 0 Å². The van der Waals surface area contributed by atoms with Crippen LogP contribution in [0.4, 0.5) is 11.4 Å². The van der Waals surface area contributed by atoms with Crippen LogP contribution in [0.1, 0.15) is 0 Å². The summed E-state index contributed by atoms with van der Waals surface area (Å²) in [5, 5.41) is 0. The van der Waals surface area contributed by atoms with Gasteiger partial charge in [-0.1, -0.05) is 18.2 Å². The zero-order valence-electron chi connectivity index (χ0n) is 10.5. The van der Waals surface area contributed by atoms with Crippen molar-refractivity contribution in [2.75, 3.05) is 30.8 Å². The molecule has 0 saturated heterocycles. The first-order chi connectivity index (χ1) is 8.75. The molecule has 0 aliphatic rings. The normalized spacial score (nSPS) is 10.1. The van der Waals surface area contributed by atoms with E-state index in [0.29, 0.717) is 6.61 Å². The molecule has 0 atom stereocenters. The number of nitrogens with two attached hydrogens (primary N) is 1. The smallest absolute Gasteiger partial charge is 0.119 e. The van der Waals surface area contributed by atoms with Gasteiger partial charge in [0, 0.05) is 18.4 Å². The van der Waals surface area contributed by atoms with Gasteiger partial charge in [-0.15, -0.1) is 0 Å². The summed E-state index contributed by atoms with van der Waals surface area (Å²) >= 11 is 0. The number of hydrogen-bond acceptors (Lipinski definition) is 3. The van der Waals surface area contributed by atoms with Gasteiger partial charge in [-0.25, -0.2) is 0 Å². The molecule has 0 saturated carbocycles. The van der Waals surface area contributed by atoms with Crippen LogP contribution in [0, 0.1) is 0 Å². The topological polar surface area (TPSA) is 38.5 Å². The molecule has 0 heterocycles. The minimum atomic E-state index is 0.648. The number of rotatable bonds is 5. The third kappa shape index (κ3) is 3.42. The highest BCUT2D eigenvalue weighted by atomic mass is 16.5. The minimum absolute atomic E-state index is 0.648. The quantitative estimate of drug-likeness (QED) is 0.819. The van der Waals surface area contributed by atoms with Crippen molar-refractivity contribution in [1.82, 2.24) is 0 Å². The predicted molar refractivity (Wildman–Crippen MR) is 76.1 cm³/mol. The summed E-state index contributed by atoms with van der Waals surface area (Å²) in [6.07, 6.45) is 0. The Labute approximate surface area is 108 Å². The molecule has 0 aliphatic heterocycles. The number of anilines is 2. The largest absolute Gasteiger partial charge is 0.492 e. The molecule has 94 valence electrons. The summed E-state index contributed by atoms with van der Waals surface area (Å²) in [5.41, 5.74) is 7.56. The molecule has 0 spiro atoms. The lowest BCUT2D eigenvalue weighted by Gasteiger charge is -2.19. The molecular formula is C15H18N2O. The van der Waals surface area contributed by atoms with Gasteiger partial charge in [-0.05, 0) is 36.4 Å². The molecule has 2 aromatic carbocycles. The molecule has 2 aromatic rings. The fourth-order valence-electron chi connectivity index (χ4n) is 1.68. The summed E-state index contributed by atoms with van der Waals surface area (Å²) in [5.74, 6) is 0.852. The zero-order chi connectivity index (χ0) is 12.8. The lowest BCUT2D eigenvalue weighted by Crippen LogP contribution is -2.23. The standard InChI is InChI=1S/C15H18N2O/c1-17(14-5-3-2-4-6-14)11-12-18-15-9-7-13(16)8-10-15/h2-10H,11-12,16H2,1H3. The number of benzene rings is 2. The van der Waals surface area contributed by atoms with Gasteiger partial charge < -0.3 is 15.4 Å². The fourth-order valence-corrected chi connectivity index (χ4v) is 1.68. The van der Waals surface area contributed by atoms with Crippen LogP contribution in [0.3, 0.4) is 0 Å². The first-order valence-corrected chi connectivity index (χ1v) is 6.00. The van der Waals surface area contributed by atoms with Crippen LogP contribution >= 0.6 is 0 Å². The van der Waals surface area contributed by atoms with Crippen molar-refractivity contribution >= 4 is 11.4 Å². The van der Waals surface area contributed by atoms with Crippen LogP contribution in [-0.2, 0) is 0 Å². The molecule has 0 aromatic heterocycles. The Morgan fingerprint density at radius 1 is 1.00 bits per heavy atom. The van der Waals surface area contributed by atoms with Gasteiger partial charge in [0.2, 0.25) is 0 Å². The second-order valence-electron chi connectivity index (χ2n) is 4.17. The Morgan fingerprint density at radius 3 is 2.33 bits per heavy atom. The molecule has 2 N–H and O–H groups in total. The Balaban J connectivity index is 1.80. The third-order valence-electron chi connectivity index (χ3n) is 2.77. The number of nitrogen functional groups attached to an aromatic ring is 1. The molecule has 0 fully saturated rings. The Kier molecular flexibility index (Phi) is 4.07. The van der Waals surface area contributed by atoms with Crippen LogP contribution < -0.4 is 15.4 Å². The predicted octanol–water partition coefficient (Wildman–Crippen LogP) is 2.78. The van der Waals surface area contributed by atoms with E-state index in [-0.39, 0.29) is 0 Å². The monoisotopic (exact) mass is 242 g/mol. The molecule has 0 radical (unpaired) electrons. The number of likely N-dealkylation sites (N-methyl/N-ethyl adjacent to an activating group) is 1. The third-order valence-corrected chi connectivity index (χ3v) is 2.77. The summed E-state index contributed by atoms with van der Waals surface area (Å²) in [4.78, 5) is 2.16. The van der Waals surface area contributed by atoms with Crippen molar-refractivity contribution in [3.8, 4) is 5.75 Å². The molecule has 0 amide bonds. The van der Waals surface area contributed by atoms with E-state index >= 15 is 0 Å². The summed E-state index contributed by atoms with van der Waals surface area (Å²) in [6.45, 7) is 1.49. The van der Waals surface area contributed by atoms with Gasteiger partial charge in [0.25, 0.3) is 0 Å². The van der Waals surface area contributed by atoms with Crippen LogP contribution in [-0.4, -0.2) is 20.2 Å². The maximum atomic E-state index is 5.66. The molecule has 3 nitrogen and oxygen atoms in total. The molecule has 3 heteroatoms. The average molecular weight is 242 g/mol. The van der Waals surface area contributed by atoms with E-state index in [9.17, 15) is 0 Å². The van der Waals surface area contributed by atoms with Crippen LogP contribution in [0.2, 0.25) is 0 Å². The van der Waals surface area contributed by atoms with Gasteiger partial charge in [-0.2, -0.15) is 0 Å². The lowest BCUT2D eigenvalue weighted by atomic mass is 10.3. The van der Waals surface area contributed by atoms with E-state index in [1.807, 2.05) is 42.5 Å². The van der Waals surface area contributed by atoms with Crippen LogP contribution in [0.5, 0.6) is 5.75 Å². The maximum Gasteiger partial charge on any atom is 0.119 e. The van der Waals surface area contributed by atoms with Gasteiger partial charge in [0.15, 0.2) is 0 Å². The fraction of sp³-hybridized carbons (Fsp3) is 0.200. The van der Waals surface area contributed by atoms with E-state index in [1.54, 1.807) is 0 Å². The Hall–Kier alpha value is -2.16. The van der Waals surface area contributed by atoms with Gasteiger partial charge in [0.1, 0.15) is 12.4 Å². The SMILES string of the molecule is CN(CCOc1ccc(N)cc1)c1ccccc1. The van der Waals surface area contributed by atoms with E-state index in [4.69, 9.17) is 10.5 Å². The Bertz CT molecular complexity index is 468. The number of para-hydroxylation sites is 1. The number of nitrogens with zero attached hydrogens (tertiary/aromatic N) is 1. The van der Waals surface area contributed by atoms with Gasteiger partial charge in [0.05, 0.1) is 6.54 Å². The van der Waals surface area contributed by atoms with Gasteiger partial charge >= 0.3 is 0 Å². The average Bonchev–Trinajstić information content (AvgIpc) is 2.42.